The van der Waals surface area contributed by atoms with Gasteiger partial charge in [0.15, 0.2) is 5.13 Å². The van der Waals surface area contributed by atoms with Gasteiger partial charge in [0, 0.05) is 29.7 Å². The molecule has 1 fully saturated rings. The summed E-state index contributed by atoms with van der Waals surface area (Å²) in [5, 5.41) is 6.28. The molecular weight excluding hydrogens is 408 g/mol. The van der Waals surface area contributed by atoms with Crippen molar-refractivity contribution in [1.29, 1.82) is 0 Å². The van der Waals surface area contributed by atoms with Crippen LogP contribution in [0.25, 0.3) is 0 Å². The van der Waals surface area contributed by atoms with Crippen molar-refractivity contribution in [2.75, 3.05) is 19.0 Å². The molecule has 1 aromatic carbocycles. The van der Waals surface area contributed by atoms with Crippen molar-refractivity contribution in [3.63, 3.8) is 0 Å². The fraction of sp³-hybridized carbons (Fsp3) is 0.375. The van der Waals surface area contributed by atoms with E-state index in [1.807, 2.05) is 54.5 Å². The number of aromatic nitrogens is 2. The zero-order valence-corrected chi connectivity index (χ0v) is 19.0. The van der Waals surface area contributed by atoms with E-state index in [4.69, 9.17) is 9.72 Å². The Kier molecular flexibility index (Phi) is 6.51. The minimum Gasteiger partial charge on any atom is -0.497 e. The van der Waals surface area contributed by atoms with E-state index in [2.05, 4.69) is 16.4 Å². The molecular formula is C24H28N4O2S. The second kappa shape index (κ2) is 9.47. The third-order valence-electron chi connectivity index (χ3n) is 5.54. The van der Waals surface area contributed by atoms with Crippen LogP contribution >= 0.6 is 11.3 Å². The SMILES string of the molecule is COc1ccc(CCC(=O)N2CCC[C@H]2c2cc(Nc3nc(C)cs3)cc(C)n2)cc1. The standard InChI is InChI=1S/C24H28N4O2S/c1-16-13-19(27-24-26-17(2)15-31-24)14-21(25-16)22-5-4-12-28(22)23(29)11-8-18-6-9-20(30-3)10-7-18/h6-7,9-10,13-15,22H,4-5,8,11-12H2,1-3H3,(H,25,26,27)/t22-/m0/s1. The monoisotopic (exact) mass is 436 g/mol. The van der Waals surface area contributed by atoms with Gasteiger partial charge in [0.25, 0.3) is 0 Å². The van der Waals surface area contributed by atoms with Crippen molar-refractivity contribution in [1.82, 2.24) is 14.9 Å². The van der Waals surface area contributed by atoms with Gasteiger partial charge in [-0.15, -0.1) is 11.3 Å². The van der Waals surface area contributed by atoms with Crippen molar-refractivity contribution >= 4 is 28.1 Å². The lowest BCUT2D eigenvalue weighted by Gasteiger charge is -2.25. The third-order valence-corrected chi connectivity index (χ3v) is 6.42. The smallest absolute Gasteiger partial charge is 0.223 e. The number of nitrogens with one attached hydrogen (secondary N) is 1. The largest absolute Gasteiger partial charge is 0.497 e. The maximum atomic E-state index is 13.0. The first-order valence-electron chi connectivity index (χ1n) is 10.6. The molecule has 6 nitrogen and oxygen atoms in total. The number of ether oxygens (including phenoxy) is 1. The summed E-state index contributed by atoms with van der Waals surface area (Å²) in [4.78, 5) is 24.3. The number of hydrogen-bond donors (Lipinski definition) is 1. The second-order valence-corrected chi connectivity index (χ2v) is 8.79. The number of carbonyl (C=O) groups is 1. The molecule has 3 heterocycles. The average molecular weight is 437 g/mol. The Labute approximate surface area is 187 Å². The van der Waals surface area contributed by atoms with Crippen molar-refractivity contribution in [3.05, 3.63) is 64.4 Å². The Bertz CT molecular complexity index is 1050. The van der Waals surface area contributed by atoms with Gasteiger partial charge in [-0.05, 0) is 62.9 Å². The molecule has 1 aliphatic heterocycles. The molecule has 1 atom stereocenters. The molecule has 0 bridgehead atoms. The molecule has 1 N–H and O–H groups in total. The first kappa shape index (κ1) is 21.3. The van der Waals surface area contributed by atoms with E-state index in [0.29, 0.717) is 6.42 Å². The van der Waals surface area contributed by atoms with E-state index in [0.717, 1.165) is 65.0 Å². The number of aryl methyl sites for hydroxylation is 3. The van der Waals surface area contributed by atoms with E-state index >= 15 is 0 Å². The maximum Gasteiger partial charge on any atom is 0.223 e. The quantitative estimate of drug-likeness (QED) is 0.551. The van der Waals surface area contributed by atoms with Gasteiger partial charge in [0.2, 0.25) is 5.91 Å². The van der Waals surface area contributed by atoms with E-state index in [1.54, 1.807) is 18.4 Å². The average Bonchev–Trinajstić information content (AvgIpc) is 3.41. The number of anilines is 2. The molecule has 0 spiro atoms. The molecule has 162 valence electrons. The van der Waals surface area contributed by atoms with E-state index < -0.39 is 0 Å². The predicted molar refractivity (Wildman–Crippen MR) is 124 cm³/mol. The molecule has 7 heteroatoms. The number of likely N-dealkylation sites (tertiary alicyclic amines) is 1. The van der Waals surface area contributed by atoms with Crippen LogP contribution in [0.2, 0.25) is 0 Å². The van der Waals surface area contributed by atoms with Crippen molar-refractivity contribution in [2.24, 2.45) is 0 Å². The fourth-order valence-corrected chi connectivity index (χ4v) is 4.74. The minimum absolute atomic E-state index is 0.0295. The van der Waals surface area contributed by atoms with Gasteiger partial charge in [-0.3, -0.25) is 9.78 Å². The van der Waals surface area contributed by atoms with Crippen LogP contribution in [0.4, 0.5) is 10.8 Å². The predicted octanol–water partition coefficient (Wildman–Crippen LogP) is 5.20. The Morgan fingerprint density at radius 3 is 2.71 bits per heavy atom. The lowest BCUT2D eigenvalue weighted by molar-refractivity contribution is -0.132. The van der Waals surface area contributed by atoms with Gasteiger partial charge in [-0.2, -0.15) is 0 Å². The summed E-state index contributed by atoms with van der Waals surface area (Å²) >= 11 is 1.59. The Morgan fingerprint density at radius 1 is 1.19 bits per heavy atom. The summed E-state index contributed by atoms with van der Waals surface area (Å²) in [5.41, 5.74) is 5.00. The van der Waals surface area contributed by atoms with E-state index in [9.17, 15) is 4.79 Å². The lowest BCUT2D eigenvalue weighted by atomic mass is 10.1. The number of rotatable bonds is 7. The van der Waals surface area contributed by atoms with Crippen LogP contribution < -0.4 is 10.1 Å². The van der Waals surface area contributed by atoms with Crippen LogP contribution in [0, 0.1) is 13.8 Å². The van der Waals surface area contributed by atoms with Crippen LogP contribution in [0.1, 0.15) is 47.9 Å². The van der Waals surface area contributed by atoms with E-state index in [1.165, 1.54) is 0 Å². The van der Waals surface area contributed by atoms with Crippen LogP contribution in [0.15, 0.2) is 41.8 Å². The number of hydrogen-bond acceptors (Lipinski definition) is 6. The highest BCUT2D eigenvalue weighted by Crippen LogP contribution is 2.33. The van der Waals surface area contributed by atoms with Crippen molar-refractivity contribution in [2.45, 2.75) is 45.6 Å². The van der Waals surface area contributed by atoms with Gasteiger partial charge in [0.1, 0.15) is 5.75 Å². The van der Waals surface area contributed by atoms with Gasteiger partial charge >= 0.3 is 0 Å². The fourth-order valence-electron chi connectivity index (χ4n) is 4.03. The molecule has 0 saturated carbocycles. The zero-order chi connectivity index (χ0) is 21.8. The Hall–Kier alpha value is -2.93. The number of benzene rings is 1. The van der Waals surface area contributed by atoms with Crippen LogP contribution in [0.3, 0.4) is 0 Å². The van der Waals surface area contributed by atoms with Gasteiger partial charge in [-0.25, -0.2) is 4.98 Å². The number of thiazole rings is 1. The number of methoxy groups -OCH3 is 1. The lowest BCUT2D eigenvalue weighted by Crippen LogP contribution is -2.31. The van der Waals surface area contributed by atoms with Gasteiger partial charge < -0.3 is 15.0 Å². The van der Waals surface area contributed by atoms with E-state index in [-0.39, 0.29) is 11.9 Å². The highest BCUT2D eigenvalue weighted by atomic mass is 32.1. The highest BCUT2D eigenvalue weighted by Gasteiger charge is 2.31. The Morgan fingerprint density at radius 2 is 2.00 bits per heavy atom. The first-order chi connectivity index (χ1) is 15.0. The molecule has 2 aromatic heterocycles. The summed E-state index contributed by atoms with van der Waals surface area (Å²) in [6, 6.07) is 12.0. The van der Waals surface area contributed by atoms with Crippen LogP contribution in [-0.2, 0) is 11.2 Å². The molecule has 31 heavy (non-hydrogen) atoms. The maximum absolute atomic E-state index is 13.0. The molecule has 1 aliphatic rings. The van der Waals surface area contributed by atoms with Gasteiger partial charge in [-0.1, -0.05) is 12.1 Å². The number of amides is 1. The normalized spacial score (nSPS) is 15.8. The molecule has 1 saturated heterocycles. The molecule has 1 amide bonds. The summed E-state index contributed by atoms with van der Waals surface area (Å²) in [5.74, 6) is 1.02. The zero-order valence-electron chi connectivity index (χ0n) is 18.2. The molecule has 0 unspecified atom stereocenters. The number of carbonyl (C=O) groups excluding carboxylic acids is 1. The molecule has 0 radical (unpaired) electrons. The second-order valence-electron chi connectivity index (χ2n) is 7.93. The summed E-state index contributed by atoms with van der Waals surface area (Å²) in [6.07, 6.45) is 3.17. The molecule has 3 aromatic rings. The molecule has 4 rings (SSSR count). The topological polar surface area (TPSA) is 67.3 Å². The minimum atomic E-state index is 0.0295. The molecule has 0 aliphatic carbocycles. The van der Waals surface area contributed by atoms with Crippen LogP contribution in [0.5, 0.6) is 5.75 Å². The highest BCUT2D eigenvalue weighted by molar-refractivity contribution is 7.13. The first-order valence-corrected chi connectivity index (χ1v) is 11.5. The summed E-state index contributed by atoms with van der Waals surface area (Å²) < 4.78 is 5.21. The van der Waals surface area contributed by atoms with Crippen molar-refractivity contribution in [3.8, 4) is 5.75 Å². The summed E-state index contributed by atoms with van der Waals surface area (Å²) in [7, 11) is 1.66. The number of pyridine rings is 1. The third kappa shape index (κ3) is 5.22. The number of nitrogens with zero attached hydrogens (tertiary/aromatic N) is 3. The van der Waals surface area contributed by atoms with Crippen LogP contribution in [-0.4, -0.2) is 34.4 Å². The Balaban J connectivity index is 1.45. The summed E-state index contributed by atoms with van der Waals surface area (Å²) in [6.45, 7) is 4.77. The van der Waals surface area contributed by atoms with Crippen molar-refractivity contribution < 1.29 is 9.53 Å². The van der Waals surface area contributed by atoms with Gasteiger partial charge in [0.05, 0.1) is 24.5 Å².